The van der Waals surface area contributed by atoms with E-state index in [4.69, 9.17) is 5.11 Å². The Kier molecular flexibility index (Phi) is 5.80. The van der Waals surface area contributed by atoms with Crippen LogP contribution in [-0.4, -0.2) is 53.6 Å². The van der Waals surface area contributed by atoms with Crippen LogP contribution in [0.3, 0.4) is 0 Å². The fourth-order valence-corrected chi connectivity index (χ4v) is 4.51. The Morgan fingerprint density at radius 3 is 2.76 bits per heavy atom. The summed E-state index contributed by atoms with van der Waals surface area (Å²) >= 11 is 0. The van der Waals surface area contributed by atoms with Gasteiger partial charge in [0, 0.05) is 44.6 Å². The second kappa shape index (κ2) is 7.88. The molecule has 0 aliphatic carbocycles. The minimum absolute atomic E-state index is 0.162. The molecule has 1 aromatic rings. The summed E-state index contributed by atoms with van der Waals surface area (Å²) in [4.78, 5) is 16.8. The van der Waals surface area contributed by atoms with Crippen molar-refractivity contribution in [1.82, 2.24) is 9.80 Å². The third-order valence-electron chi connectivity index (χ3n) is 6.05. The van der Waals surface area contributed by atoms with Gasteiger partial charge in [-0.2, -0.15) is 0 Å². The average Bonchev–Trinajstić information content (AvgIpc) is 2.59. The molecule has 2 aliphatic heterocycles. The van der Waals surface area contributed by atoms with Gasteiger partial charge in [0.05, 0.1) is 0 Å². The molecule has 2 fully saturated rings. The van der Waals surface area contributed by atoms with E-state index in [1.165, 1.54) is 29.5 Å². The van der Waals surface area contributed by atoms with Gasteiger partial charge in [-0.25, -0.2) is 0 Å². The average molecular weight is 344 g/mol. The van der Waals surface area contributed by atoms with Gasteiger partial charge in [-0.1, -0.05) is 18.2 Å². The maximum Gasteiger partial charge on any atom is 0.222 e. The molecule has 1 aromatic carbocycles. The lowest BCUT2D eigenvalue weighted by Gasteiger charge is -2.48. The largest absolute Gasteiger partial charge is 0.396 e. The number of carbonyl (C=O) groups is 1. The van der Waals surface area contributed by atoms with E-state index in [2.05, 4.69) is 36.9 Å². The zero-order chi connectivity index (χ0) is 17.9. The third kappa shape index (κ3) is 4.42. The lowest BCUT2D eigenvalue weighted by atomic mass is 9.73. The third-order valence-corrected chi connectivity index (χ3v) is 6.05. The first-order chi connectivity index (χ1) is 12.0. The van der Waals surface area contributed by atoms with E-state index in [0.717, 1.165) is 32.6 Å². The van der Waals surface area contributed by atoms with Crippen molar-refractivity contribution >= 4 is 5.91 Å². The highest BCUT2D eigenvalue weighted by atomic mass is 16.3. The molecule has 0 saturated carbocycles. The molecule has 1 spiro atoms. The molecular weight excluding hydrogens is 312 g/mol. The summed E-state index contributed by atoms with van der Waals surface area (Å²) in [5, 5.41) is 9.09. The highest BCUT2D eigenvalue weighted by molar-refractivity contribution is 5.77. The molecule has 2 saturated heterocycles. The zero-order valence-corrected chi connectivity index (χ0v) is 15.8. The Bertz CT molecular complexity index is 616. The molecule has 4 nitrogen and oxygen atoms in total. The van der Waals surface area contributed by atoms with Crippen molar-refractivity contribution < 1.29 is 9.90 Å². The summed E-state index contributed by atoms with van der Waals surface area (Å²) in [5.41, 5.74) is 4.36. The summed E-state index contributed by atoms with van der Waals surface area (Å²) in [7, 11) is 0. The Balaban J connectivity index is 1.65. The van der Waals surface area contributed by atoms with Gasteiger partial charge >= 0.3 is 0 Å². The lowest BCUT2D eigenvalue weighted by molar-refractivity contribution is -0.139. The fraction of sp³-hybridized carbons (Fsp3) is 0.667. The number of aliphatic hydroxyl groups excluding tert-OH is 1. The molecule has 3 rings (SSSR count). The highest BCUT2D eigenvalue weighted by Gasteiger charge is 2.41. The van der Waals surface area contributed by atoms with Crippen LogP contribution < -0.4 is 0 Å². The number of hydrogen-bond donors (Lipinski definition) is 1. The Labute approximate surface area is 151 Å². The summed E-state index contributed by atoms with van der Waals surface area (Å²) in [5.74, 6) is 0.269. The van der Waals surface area contributed by atoms with Crippen LogP contribution in [0.25, 0.3) is 0 Å². The number of carbonyl (C=O) groups excluding carboxylic acids is 1. The maximum atomic E-state index is 12.2. The number of aryl methyl sites for hydroxylation is 2. The number of piperidine rings is 2. The fourth-order valence-electron chi connectivity index (χ4n) is 4.51. The minimum atomic E-state index is 0.162. The monoisotopic (exact) mass is 344 g/mol. The SMILES string of the molecule is Cc1ccc(CN2CCC[C@]3(CCC(=O)N(CCCO)C3)C2)cc1C. The van der Waals surface area contributed by atoms with Crippen LogP contribution in [0.2, 0.25) is 0 Å². The van der Waals surface area contributed by atoms with Crippen molar-refractivity contribution in [2.24, 2.45) is 5.41 Å². The van der Waals surface area contributed by atoms with Gasteiger partial charge in [-0.3, -0.25) is 9.69 Å². The van der Waals surface area contributed by atoms with Gasteiger partial charge in [0.25, 0.3) is 0 Å². The quantitative estimate of drug-likeness (QED) is 0.893. The molecule has 0 unspecified atom stereocenters. The number of rotatable bonds is 5. The molecule has 0 aromatic heterocycles. The molecule has 2 aliphatic rings. The van der Waals surface area contributed by atoms with Gasteiger partial charge in [0.15, 0.2) is 0 Å². The van der Waals surface area contributed by atoms with E-state index in [1.54, 1.807) is 0 Å². The number of nitrogens with zero attached hydrogens (tertiary/aromatic N) is 2. The second-order valence-corrected chi connectivity index (χ2v) is 8.13. The highest BCUT2D eigenvalue weighted by Crippen LogP contribution is 2.39. The van der Waals surface area contributed by atoms with Crippen LogP contribution in [0.15, 0.2) is 18.2 Å². The predicted octanol–water partition coefficient (Wildman–Crippen LogP) is 2.89. The Morgan fingerprint density at radius 1 is 1.16 bits per heavy atom. The van der Waals surface area contributed by atoms with Crippen LogP contribution in [0.1, 0.15) is 48.8 Å². The number of amides is 1. The van der Waals surface area contributed by atoms with Crippen LogP contribution in [0, 0.1) is 19.3 Å². The first kappa shape index (κ1) is 18.4. The van der Waals surface area contributed by atoms with Crippen molar-refractivity contribution in [3.63, 3.8) is 0 Å². The molecule has 1 atom stereocenters. The molecule has 25 heavy (non-hydrogen) atoms. The summed E-state index contributed by atoms with van der Waals surface area (Å²) < 4.78 is 0. The molecule has 1 N–H and O–H groups in total. The van der Waals surface area contributed by atoms with E-state index in [1.807, 2.05) is 4.90 Å². The topological polar surface area (TPSA) is 43.8 Å². The van der Waals surface area contributed by atoms with Crippen molar-refractivity contribution in [2.75, 3.05) is 32.8 Å². The molecule has 0 radical (unpaired) electrons. The molecular formula is C21H32N2O2. The number of aliphatic hydroxyl groups is 1. The Morgan fingerprint density at radius 2 is 2.00 bits per heavy atom. The van der Waals surface area contributed by atoms with E-state index in [0.29, 0.717) is 19.4 Å². The number of benzene rings is 1. The maximum absolute atomic E-state index is 12.2. The second-order valence-electron chi connectivity index (χ2n) is 8.13. The molecule has 1 amide bonds. The van der Waals surface area contributed by atoms with Gasteiger partial charge in [-0.05, 0) is 62.8 Å². The Hall–Kier alpha value is -1.39. The van der Waals surface area contributed by atoms with Crippen LogP contribution in [-0.2, 0) is 11.3 Å². The van der Waals surface area contributed by atoms with E-state index < -0.39 is 0 Å². The number of hydrogen-bond acceptors (Lipinski definition) is 3. The van der Waals surface area contributed by atoms with Gasteiger partial charge < -0.3 is 10.0 Å². The van der Waals surface area contributed by atoms with Gasteiger partial charge in [-0.15, -0.1) is 0 Å². The van der Waals surface area contributed by atoms with Gasteiger partial charge in [0.1, 0.15) is 0 Å². The van der Waals surface area contributed by atoms with E-state index in [9.17, 15) is 4.79 Å². The van der Waals surface area contributed by atoms with E-state index in [-0.39, 0.29) is 17.9 Å². The van der Waals surface area contributed by atoms with Crippen molar-refractivity contribution in [1.29, 1.82) is 0 Å². The van der Waals surface area contributed by atoms with E-state index >= 15 is 0 Å². The van der Waals surface area contributed by atoms with Crippen LogP contribution in [0.4, 0.5) is 0 Å². The summed E-state index contributed by atoms with van der Waals surface area (Å²) in [6, 6.07) is 6.79. The van der Waals surface area contributed by atoms with Crippen LogP contribution >= 0.6 is 0 Å². The number of likely N-dealkylation sites (tertiary alicyclic amines) is 2. The summed E-state index contributed by atoms with van der Waals surface area (Å²) in [6.45, 7) is 9.33. The molecule has 4 heteroatoms. The van der Waals surface area contributed by atoms with Crippen LogP contribution in [0.5, 0.6) is 0 Å². The van der Waals surface area contributed by atoms with Crippen molar-refractivity contribution in [3.05, 3.63) is 34.9 Å². The molecule has 138 valence electrons. The van der Waals surface area contributed by atoms with Crippen molar-refractivity contribution in [3.8, 4) is 0 Å². The van der Waals surface area contributed by atoms with Gasteiger partial charge in [0.2, 0.25) is 5.91 Å². The zero-order valence-electron chi connectivity index (χ0n) is 15.8. The first-order valence-corrected chi connectivity index (χ1v) is 9.68. The molecule has 0 bridgehead atoms. The molecule has 2 heterocycles. The van der Waals surface area contributed by atoms with Crippen molar-refractivity contribution in [2.45, 2.75) is 52.5 Å². The smallest absolute Gasteiger partial charge is 0.222 e. The minimum Gasteiger partial charge on any atom is -0.396 e. The normalized spacial score (nSPS) is 24.9. The predicted molar refractivity (Wildman–Crippen MR) is 100 cm³/mol. The summed E-state index contributed by atoms with van der Waals surface area (Å²) in [6.07, 6.45) is 4.81. The standard InChI is InChI=1S/C21H32N2O2/c1-17-5-6-19(13-18(17)2)14-22-10-3-8-21(15-22)9-7-20(25)23(16-21)11-4-12-24/h5-6,13,24H,3-4,7-12,14-16H2,1-2H3/t21-/m0/s1. The lowest BCUT2D eigenvalue weighted by Crippen LogP contribution is -2.54. The first-order valence-electron chi connectivity index (χ1n) is 9.68.